The van der Waals surface area contributed by atoms with Crippen LogP contribution in [0.25, 0.3) is 0 Å². The molecular weight excluding hydrogens is 1110 g/mol. The van der Waals surface area contributed by atoms with Gasteiger partial charge in [-0.1, -0.05) is 81.8 Å². The van der Waals surface area contributed by atoms with Crippen LogP contribution in [0, 0.1) is 34.6 Å². The number of anilines is 3. The van der Waals surface area contributed by atoms with Crippen molar-refractivity contribution in [2.75, 3.05) is 75.8 Å². The van der Waals surface area contributed by atoms with E-state index >= 15 is 0 Å². The molecule has 0 unspecified atom stereocenters. The number of halogens is 1. The standard InChI is InChI=1S/C31H38N4O3.C30H37N3O3.C10H10ClNO/c1-21(2)24-8-11-26(12-9-24)33-31(37)34-28-20-25(30(36)32-15-18-35-16-5-6-17-35)10-14-29(28)38-27-13-7-22(3)23(4)19-27;1-21-7-9-25(29(17-21)35-4)20-33(16-15-32-13-5-6-14-32)30(34)24-10-12-28(27(31)19-24)36-26-11-8-22(2)23(3)18-26;1-7(2)8-3-4-10(12-6-13)9(11)5-8/h7-14,19-21H,5-6,15-18H2,1-4H3,(H,32,36)(H2,33,34,37);7-12,17-19H,5-6,13-16,20,31H2,1-4H3;3-5,7H,1-2H3. The first-order valence-electron chi connectivity index (χ1n) is 30.0. The van der Waals surface area contributed by atoms with E-state index in [9.17, 15) is 19.2 Å². The predicted octanol–water partition coefficient (Wildman–Crippen LogP) is 15.9. The number of ether oxygens (including phenoxy) is 3. The summed E-state index contributed by atoms with van der Waals surface area (Å²) in [5, 5.41) is 9.23. The highest BCUT2D eigenvalue weighted by Gasteiger charge is 2.22. The average Bonchev–Trinajstić information content (AvgIpc) is 4.25. The fourth-order valence-corrected chi connectivity index (χ4v) is 10.3. The van der Waals surface area contributed by atoms with Gasteiger partial charge in [-0.15, -0.1) is 0 Å². The van der Waals surface area contributed by atoms with Crippen LogP contribution in [0.15, 0.2) is 138 Å². The van der Waals surface area contributed by atoms with Gasteiger partial charge in [0.05, 0.1) is 29.2 Å². The van der Waals surface area contributed by atoms with Crippen molar-refractivity contribution in [3.63, 3.8) is 0 Å². The maximum atomic E-state index is 13.7. The Morgan fingerprint density at radius 3 is 1.79 bits per heavy atom. The van der Waals surface area contributed by atoms with E-state index in [-0.39, 0.29) is 11.8 Å². The Kier molecular flexibility index (Phi) is 24.6. The van der Waals surface area contributed by atoms with Gasteiger partial charge >= 0.3 is 6.03 Å². The Hall–Kier alpha value is -8.46. The van der Waals surface area contributed by atoms with E-state index < -0.39 is 6.03 Å². The number of methoxy groups -OCH3 is 1. The average molecular weight is 1200 g/mol. The minimum atomic E-state index is -0.418. The fourth-order valence-electron chi connectivity index (χ4n) is 10.0. The molecule has 0 aromatic heterocycles. The van der Waals surface area contributed by atoms with E-state index in [1.807, 2.05) is 118 Å². The first-order chi connectivity index (χ1) is 41.8. The van der Waals surface area contributed by atoms with Crippen LogP contribution < -0.4 is 35.9 Å². The van der Waals surface area contributed by atoms with Gasteiger partial charge in [-0.2, -0.15) is 4.99 Å². The molecule has 2 saturated heterocycles. The Morgan fingerprint density at radius 1 is 0.632 bits per heavy atom. The van der Waals surface area contributed by atoms with Crippen molar-refractivity contribution in [3.8, 4) is 28.7 Å². The summed E-state index contributed by atoms with van der Waals surface area (Å²) < 4.78 is 17.8. The Morgan fingerprint density at radius 2 is 1.22 bits per heavy atom. The van der Waals surface area contributed by atoms with E-state index in [1.165, 1.54) is 48.5 Å². The Labute approximate surface area is 519 Å². The number of carbonyl (C=O) groups excluding carboxylic acids is 4. The third-order valence-corrected chi connectivity index (χ3v) is 16.0. The number of aliphatic imine (C=N–C) groups is 1. The fraction of sp³-hybridized carbons (Fsp3) is 0.352. The molecule has 0 spiro atoms. The second kappa shape index (κ2) is 32.3. The van der Waals surface area contributed by atoms with Crippen LogP contribution in [0.2, 0.25) is 5.02 Å². The minimum Gasteiger partial charge on any atom is -0.496 e. The smallest absolute Gasteiger partial charge is 0.323 e. The number of nitrogen functional groups attached to an aromatic ring is 1. The third kappa shape index (κ3) is 19.8. The van der Waals surface area contributed by atoms with Gasteiger partial charge in [-0.3, -0.25) is 9.59 Å². The van der Waals surface area contributed by atoms with Gasteiger partial charge in [0.25, 0.3) is 11.8 Å². The monoisotopic (exact) mass is 1200 g/mol. The maximum absolute atomic E-state index is 13.7. The lowest BCUT2D eigenvalue weighted by atomic mass is 10.0. The van der Waals surface area contributed by atoms with Gasteiger partial charge in [-0.05, 0) is 228 Å². The van der Waals surface area contributed by atoms with E-state index in [2.05, 4.69) is 71.4 Å². The quantitative estimate of drug-likeness (QED) is 0.0326. The van der Waals surface area contributed by atoms with Gasteiger partial charge in [-0.25, -0.2) is 9.59 Å². The number of isocyanates is 1. The van der Waals surface area contributed by atoms with Crippen LogP contribution in [0.1, 0.15) is 130 Å². The summed E-state index contributed by atoms with van der Waals surface area (Å²) in [7, 11) is 1.67. The molecule has 458 valence electrons. The van der Waals surface area contributed by atoms with Crippen LogP contribution in [0.5, 0.6) is 28.7 Å². The second-order valence-corrected chi connectivity index (χ2v) is 23.4. The number of nitrogens with one attached hydrogen (secondary N) is 3. The highest BCUT2D eigenvalue weighted by atomic mass is 35.5. The molecule has 15 nitrogen and oxygen atoms in total. The zero-order chi connectivity index (χ0) is 62.6. The number of hydrogen-bond donors (Lipinski definition) is 4. The molecule has 7 aromatic rings. The van der Waals surface area contributed by atoms with Crippen LogP contribution in [-0.4, -0.2) is 98.1 Å². The van der Waals surface area contributed by atoms with E-state index in [0.717, 1.165) is 78.6 Å². The molecule has 5 N–H and O–H groups in total. The largest absolute Gasteiger partial charge is 0.496 e. The van der Waals surface area contributed by atoms with E-state index in [1.54, 1.807) is 49.6 Å². The summed E-state index contributed by atoms with van der Waals surface area (Å²) in [6, 6.07) is 41.1. The number of nitrogens with two attached hydrogens (primary N) is 1. The number of benzene rings is 7. The number of rotatable bonds is 20. The van der Waals surface area contributed by atoms with E-state index in [0.29, 0.717) is 87.6 Å². The summed E-state index contributed by atoms with van der Waals surface area (Å²) in [5.74, 6) is 3.76. The molecule has 4 amide bonds. The van der Waals surface area contributed by atoms with Gasteiger partial charge in [0, 0.05) is 55.1 Å². The normalized spacial score (nSPS) is 12.9. The molecule has 0 atom stereocenters. The molecule has 0 bridgehead atoms. The first-order valence-corrected chi connectivity index (χ1v) is 30.4. The summed E-state index contributed by atoms with van der Waals surface area (Å²) >= 11 is 5.88. The molecule has 16 heteroatoms. The lowest BCUT2D eigenvalue weighted by molar-refractivity contribution is 0.0725. The molecule has 2 aliphatic heterocycles. The van der Waals surface area contributed by atoms with Gasteiger partial charge in [0.2, 0.25) is 6.08 Å². The number of likely N-dealkylation sites (tertiary alicyclic amines) is 2. The molecule has 2 aliphatic rings. The molecule has 7 aromatic carbocycles. The van der Waals surface area contributed by atoms with Crippen LogP contribution in [0.4, 0.5) is 27.5 Å². The number of carbonyl (C=O) groups is 3. The van der Waals surface area contributed by atoms with Crippen LogP contribution >= 0.6 is 11.6 Å². The van der Waals surface area contributed by atoms with Gasteiger partial charge in [0.1, 0.15) is 23.0 Å². The number of urea groups is 1. The van der Waals surface area contributed by atoms with Gasteiger partial charge < -0.3 is 50.6 Å². The molecule has 0 aliphatic carbocycles. The van der Waals surface area contributed by atoms with Crippen molar-refractivity contribution >= 4 is 58.3 Å². The number of nitrogens with zero attached hydrogens (tertiary/aromatic N) is 4. The Balaban J connectivity index is 0.000000207. The molecule has 0 radical (unpaired) electrons. The molecule has 2 heterocycles. The predicted molar refractivity (Wildman–Crippen MR) is 352 cm³/mol. The topological polar surface area (TPSA) is 180 Å². The van der Waals surface area contributed by atoms with Crippen LogP contribution in [0.3, 0.4) is 0 Å². The van der Waals surface area contributed by atoms with Crippen molar-refractivity contribution in [1.82, 2.24) is 20.0 Å². The van der Waals surface area contributed by atoms with Crippen molar-refractivity contribution in [2.45, 2.75) is 106 Å². The zero-order valence-electron chi connectivity index (χ0n) is 52.2. The summed E-state index contributed by atoms with van der Waals surface area (Å²) in [4.78, 5) is 59.6. The van der Waals surface area contributed by atoms with Crippen molar-refractivity contribution < 1.29 is 33.4 Å². The SMILES string of the molecule is CC(C)c1ccc(N=C=O)c(Cl)c1.COc1cc(C)ccc1CN(CCN1CCCC1)C(=O)c1ccc(Oc2ccc(C)c(C)c2)c(N)c1.Cc1ccc(Oc2ccc(C(=O)NCCN3CCCC3)cc2NC(=O)Nc2ccc(C(C)C)cc2)cc1C. The van der Waals surface area contributed by atoms with Crippen molar-refractivity contribution in [2.24, 2.45) is 4.99 Å². The lowest BCUT2D eigenvalue weighted by Crippen LogP contribution is -2.37. The molecule has 87 heavy (non-hydrogen) atoms. The summed E-state index contributed by atoms with van der Waals surface area (Å²) in [5.41, 5.74) is 18.4. The van der Waals surface area contributed by atoms with Crippen molar-refractivity contribution in [3.05, 3.63) is 194 Å². The zero-order valence-corrected chi connectivity index (χ0v) is 52.9. The summed E-state index contributed by atoms with van der Waals surface area (Å²) in [6.45, 7) is 26.3. The number of aryl methyl sites for hydroxylation is 5. The van der Waals surface area contributed by atoms with Crippen LogP contribution in [-0.2, 0) is 11.3 Å². The van der Waals surface area contributed by atoms with Crippen molar-refractivity contribution in [1.29, 1.82) is 0 Å². The lowest BCUT2D eigenvalue weighted by Gasteiger charge is -2.27. The third-order valence-electron chi connectivity index (χ3n) is 15.7. The minimum absolute atomic E-state index is 0.0544. The number of hydrogen-bond acceptors (Lipinski definition) is 11. The maximum Gasteiger partial charge on any atom is 0.323 e. The first kappa shape index (κ1) is 66.1. The molecule has 2 fully saturated rings. The highest BCUT2D eigenvalue weighted by molar-refractivity contribution is 6.33. The summed E-state index contributed by atoms with van der Waals surface area (Å²) in [6.07, 6.45) is 6.34. The van der Waals surface area contributed by atoms with Gasteiger partial charge in [0.15, 0.2) is 5.75 Å². The highest BCUT2D eigenvalue weighted by Crippen LogP contribution is 2.34. The molecule has 9 rings (SSSR count). The second-order valence-electron chi connectivity index (χ2n) is 23.0. The molecule has 0 saturated carbocycles. The number of amides is 4. The molecular formula is C71H85ClN8O7. The van der Waals surface area contributed by atoms with E-state index in [4.69, 9.17) is 31.5 Å². The Bertz CT molecular complexity index is 3520.